The first-order valence-corrected chi connectivity index (χ1v) is 4.18. The van der Waals surface area contributed by atoms with Gasteiger partial charge in [-0.05, 0) is 12.8 Å². The standard InChI is InChI=1S/C8H13NO3/c9-4-8(6(10)11)3-7(8)1-2-12-5-7/h1-5,9H2,(H,10,11)/t7-,8+/m0/s1. The molecule has 0 aromatic rings. The molecule has 12 heavy (non-hydrogen) atoms. The monoisotopic (exact) mass is 171 g/mol. The van der Waals surface area contributed by atoms with E-state index in [1.54, 1.807) is 0 Å². The fourth-order valence-electron chi connectivity index (χ4n) is 2.34. The van der Waals surface area contributed by atoms with E-state index in [0.717, 1.165) is 6.42 Å². The van der Waals surface area contributed by atoms with Crippen molar-refractivity contribution in [2.24, 2.45) is 16.6 Å². The summed E-state index contributed by atoms with van der Waals surface area (Å²) in [4.78, 5) is 10.9. The molecule has 0 aromatic heterocycles. The van der Waals surface area contributed by atoms with E-state index in [1.807, 2.05) is 0 Å². The molecule has 2 fully saturated rings. The molecule has 2 aliphatic rings. The molecule has 4 heteroatoms. The summed E-state index contributed by atoms with van der Waals surface area (Å²) in [5.41, 5.74) is 4.71. The van der Waals surface area contributed by atoms with Crippen molar-refractivity contribution in [2.45, 2.75) is 12.8 Å². The topological polar surface area (TPSA) is 72.6 Å². The lowest BCUT2D eigenvalue weighted by Gasteiger charge is -2.13. The van der Waals surface area contributed by atoms with Crippen LogP contribution in [-0.4, -0.2) is 30.8 Å². The molecule has 1 heterocycles. The van der Waals surface area contributed by atoms with Gasteiger partial charge in [0.15, 0.2) is 0 Å². The summed E-state index contributed by atoms with van der Waals surface area (Å²) < 4.78 is 5.21. The van der Waals surface area contributed by atoms with Crippen LogP contribution in [0.3, 0.4) is 0 Å². The average molecular weight is 171 g/mol. The van der Waals surface area contributed by atoms with Gasteiger partial charge in [-0.1, -0.05) is 0 Å². The number of carbonyl (C=O) groups is 1. The van der Waals surface area contributed by atoms with E-state index in [9.17, 15) is 4.79 Å². The van der Waals surface area contributed by atoms with Crippen LogP contribution in [0.15, 0.2) is 0 Å². The van der Waals surface area contributed by atoms with E-state index in [4.69, 9.17) is 15.6 Å². The Hall–Kier alpha value is -0.610. The average Bonchev–Trinajstić information content (AvgIpc) is 2.40. The molecule has 0 amide bonds. The summed E-state index contributed by atoms with van der Waals surface area (Å²) in [5, 5.41) is 8.99. The molecule has 1 aliphatic carbocycles. The summed E-state index contributed by atoms with van der Waals surface area (Å²) >= 11 is 0. The maximum atomic E-state index is 10.9. The van der Waals surface area contributed by atoms with Gasteiger partial charge in [0.2, 0.25) is 0 Å². The number of carboxylic acids is 1. The molecule has 0 bridgehead atoms. The number of hydrogen-bond donors (Lipinski definition) is 2. The quantitative estimate of drug-likeness (QED) is 0.605. The molecular formula is C8H13NO3. The van der Waals surface area contributed by atoms with Crippen LogP contribution in [0, 0.1) is 10.8 Å². The molecule has 0 aromatic carbocycles. The van der Waals surface area contributed by atoms with Crippen molar-refractivity contribution < 1.29 is 14.6 Å². The normalized spacial score (nSPS) is 45.1. The minimum Gasteiger partial charge on any atom is -0.481 e. The van der Waals surface area contributed by atoms with Crippen LogP contribution in [0.25, 0.3) is 0 Å². The number of carboxylic acid groups (broad SMARTS) is 1. The molecule has 0 radical (unpaired) electrons. The first kappa shape index (κ1) is 8.01. The Labute approximate surface area is 70.7 Å². The van der Waals surface area contributed by atoms with Gasteiger partial charge in [-0.15, -0.1) is 0 Å². The van der Waals surface area contributed by atoms with Crippen molar-refractivity contribution >= 4 is 5.97 Å². The highest BCUT2D eigenvalue weighted by molar-refractivity contribution is 5.80. The van der Waals surface area contributed by atoms with Crippen LogP contribution >= 0.6 is 0 Å². The summed E-state index contributed by atoms with van der Waals surface area (Å²) in [6.45, 7) is 1.51. The highest BCUT2D eigenvalue weighted by Crippen LogP contribution is 2.67. The fraction of sp³-hybridized carbons (Fsp3) is 0.875. The summed E-state index contributed by atoms with van der Waals surface area (Å²) in [7, 11) is 0. The Bertz CT molecular complexity index is 222. The van der Waals surface area contributed by atoms with Crippen molar-refractivity contribution in [3.8, 4) is 0 Å². The smallest absolute Gasteiger partial charge is 0.311 e. The van der Waals surface area contributed by atoms with Gasteiger partial charge in [0, 0.05) is 18.6 Å². The van der Waals surface area contributed by atoms with Gasteiger partial charge in [-0.3, -0.25) is 4.79 Å². The third-order valence-electron chi connectivity index (χ3n) is 3.39. The number of aliphatic carboxylic acids is 1. The fourth-order valence-corrected chi connectivity index (χ4v) is 2.34. The molecule has 2 rings (SSSR count). The Morgan fingerprint density at radius 3 is 2.75 bits per heavy atom. The largest absolute Gasteiger partial charge is 0.481 e. The predicted molar refractivity (Wildman–Crippen MR) is 41.6 cm³/mol. The molecule has 1 saturated heterocycles. The molecular weight excluding hydrogens is 158 g/mol. The van der Waals surface area contributed by atoms with Crippen LogP contribution in [0.5, 0.6) is 0 Å². The first-order valence-electron chi connectivity index (χ1n) is 4.18. The zero-order chi connectivity index (χ0) is 8.82. The number of ether oxygens (including phenoxy) is 1. The first-order chi connectivity index (χ1) is 5.67. The Morgan fingerprint density at radius 1 is 1.67 bits per heavy atom. The van der Waals surface area contributed by atoms with Crippen molar-refractivity contribution in [1.82, 2.24) is 0 Å². The minimum absolute atomic E-state index is 0.117. The third-order valence-corrected chi connectivity index (χ3v) is 3.39. The van der Waals surface area contributed by atoms with E-state index in [1.165, 1.54) is 0 Å². The maximum absolute atomic E-state index is 10.9. The van der Waals surface area contributed by atoms with E-state index in [2.05, 4.69) is 0 Å². The second-order valence-corrected chi connectivity index (χ2v) is 3.85. The van der Waals surface area contributed by atoms with Crippen LogP contribution in [0.2, 0.25) is 0 Å². The van der Waals surface area contributed by atoms with Crippen LogP contribution in [-0.2, 0) is 9.53 Å². The van der Waals surface area contributed by atoms with Crippen molar-refractivity contribution in [3.05, 3.63) is 0 Å². The number of rotatable bonds is 2. The van der Waals surface area contributed by atoms with Gasteiger partial charge in [-0.2, -0.15) is 0 Å². The Morgan fingerprint density at radius 2 is 2.42 bits per heavy atom. The van der Waals surface area contributed by atoms with Gasteiger partial charge < -0.3 is 15.6 Å². The molecule has 0 unspecified atom stereocenters. The molecule has 3 N–H and O–H groups in total. The lowest BCUT2D eigenvalue weighted by atomic mass is 9.92. The summed E-state index contributed by atoms with van der Waals surface area (Å²) in [6.07, 6.45) is 1.56. The van der Waals surface area contributed by atoms with Crippen LogP contribution in [0.1, 0.15) is 12.8 Å². The minimum atomic E-state index is -0.754. The van der Waals surface area contributed by atoms with Crippen LogP contribution < -0.4 is 5.73 Å². The summed E-state index contributed by atoms with van der Waals surface area (Å²) in [5.74, 6) is -0.754. The number of hydrogen-bond acceptors (Lipinski definition) is 3. The van der Waals surface area contributed by atoms with Crippen molar-refractivity contribution in [3.63, 3.8) is 0 Å². The highest BCUT2D eigenvalue weighted by atomic mass is 16.5. The zero-order valence-corrected chi connectivity index (χ0v) is 6.88. The lowest BCUT2D eigenvalue weighted by Crippen LogP contribution is -2.31. The molecule has 1 spiro atoms. The predicted octanol–water partition coefficient (Wildman–Crippen LogP) is -0.174. The summed E-state index contributed by atoms with van der Waals surface area (Å²) in [6, 6.07) is 0. The molecule has 68 valence electrons. The lowest BCUT2D eigenvalue weighted by molar-refractivity contribution is -0.144. The van der Waals surface area contributed by atoms with Gasteiger partial charge in [0.25, 0.3) is 0 Å². The zero-order valence-electron chi connectivity index (χ0n) is 6.88. The third kappa shape index (κ3) is 0.716. The van der Waals surface area contributed by atoms with Crippen LogP contribution in [0.4, 0.5) is 0 Å². The van der Waals surface area contributed by atoms with E-state index in [-0.39, 0.29) is 12.0 Å². The second kappa shape index (κ2) is 2.20. The maximum Gasteiger partial charge on any atom is 0.311 e. The Kier molecular flexibility index (Phi) is 1.47. The van der Waals surface area contributed by atoms with Crippen molar-refractivity contribution in [1.29, 1.82) is 0 Å². The van der Waals surface area contributed by atoms with Crippen molar-refractivity contribution in [2.75, 3.05) is 19.8 Å². The van der Waals surface area contributed by atoms with E-state index in [0.29, 0.717) is 19.6 Å². The molecule has 1 saturated carbocycles. The van der Waals surface area contributed by atoms with Gasteiger partial charge >= 0.3 is 5.97 Å². The Balaban J connectivity index is 2.20. The van der Waals surface area contributed by atoms with Gasteiger partial charge in [0.05, 0.1) is 12.0 Å². The highest BCUT2D eigenvalue weighted by Gasteiger charge is 2.72. The SMILES string of the molecule is NC[C@@]1(C(=O)O)C[C@]12CCOC2. The van der Waals surface area contributed by atoms with E-state index >= 15 is 0 Å². The van der Waals surface area contributed by atoms with Gasteiger partial charge in [-0.25, -0.2) is 0 Å². The molecule has 4 nitrogen and oxygen atoms in total. The van der Waals surface area contributed by atoms with E-state index < -0.39 is 11.4 Å². The molecule has 1 aliphatic heterocycles. The second-order valence-electron chi connectivity index (χ2n) is 3.85. The van der Waals surface area contributed by atoms with Gasteiger partial charge in [0.1, 0.15) is 0 Å². The molecule has 2 atom stereocenters. The number of nitrogens with two attached hydrogens (primary N) is 1.